The Morgan fingerprint density at radius 1 is 1.48 bits per heavy atom. The summed E-state index contributed by atoms with van der Waals surface area (Å²) >= 11 is 0. The van der Waals surface area contributed by atoms with E-state index in [0.717, 1.165) is 12.8 Å². The van der Waals surface area contributed by atoms with Gasteiger partial charge in [-0.25, -0.2) is 8.42 Å². The summed E-state index contributed by atoms with van der Waals surface area (Å²) < 4.78 is 28.2. The molecule has 1 aliphatic rings. The fourth-order valence-electron chi connectivity index (χ4n) is 2.20. The van der Waals surface area contributed by atoms with Gasteiger partial charge in [-0.1, -0.05) is 6.07 Å². The molecule has 0 saturated heterocycles. The first kappa shape index (κ1) is 16.3. The monoisotopic (exact) mass is 331 g/mol. The fourth-order valence-corrected chi connectivity index (χ4v) is 3.34. The van der Waals surface area contributed by atoms with Gasteiger partial charge in [-0.3, -0.25) is 4.79 Å². The molecule has 1 amide bonds. The van der Waals surface area contributed by atoms with Crippen molar-refractivity contribution in [1.82, 2.24) is 5.32 Å². The van der Waals surface area contributed by atoms with E-state index in [-0.39, 0.29) is 29.0 Å². The van der Waals surface area contributed by atoms with Crippen molar-refractivity contribution in [3.8, 4) is 0 Å². The van der Waals surface area contributed by atoms with Gasteiger partial charge in [-0.05, 0) is 43.4 Å². The van der Waals surface area contributed by atoms with E-state index in [0.29, 0.717) is 11.5 Å². The molecule has 116 valence electrons. The van der Waals surface area contributed by atoms with E-state index in [4.69, 9.17) is 15.4 Å². The third-order valence-corrected chi connectivity index (χ3v) is 4.98. The highest BCUT2D eigenvalue weighted by molar-refractivity contribution is 8.13. The molecule has 0 aliphatic heterocycles. The van der Waals surface area contributed by atoms with Crippen LogP contribution < -0.4 is 5.32 Å². The van der Waals surface area contributed by atoms with Crippen LogP contribution in [0.3, 0.4) is 0 Å². The fraction of sp³-hybridized carbons (Fsp3) is 0.500. The van der Waals surface area contributed by atoms with E-state index >= 15 is 0 Å². The number of ether oxygens (including phenoxy) is 1. The minimum atomic E-state index is -3.93. The second kappa shape index (κ2) is 6.34. The van der Waals surface area contributed by atoms with Crippen molar-refractivity contribution < 1.29 is 17.9 Å². The average molecular weight is 332 g/mol. The third kappa shape index (κ3) is 4.18. The molecule has 1 aromatic rings. The molecule has 0 spiro atoms. The third-order valence-electron chi connectivity index (χ3n) is 3.58. The Morgan fingerprint density at radius 3 is 2.67 bits per heavy atom. The molecule has 21 heavy (non-hydrogen) atoms. The first-order chi connectivity index (χ1) is 9.82. The molecule has 0 bridgehead atoms. The Morgan fingerprint density at radius 2 is 2.14 bits per heavy atom. The lowest BCUT2D eigenvalue weighted by Gasteiger charge is -2.14. The summed E-state index contributed by atoms with van der Waals surface area (Å²) in [5.41, 5.74) is 0.709. The lowest BCUT2D eigenvalue weighted by molar-refractivity contribution is 0.0935. The molecule has 0 heterocycles. The molecule has 0 radical (unpaired) electrons. The Bertz CT molecular complexity index is 640. The van der Waals surface area contributed by atoms with Crippen molar-refractivity contribution >= 4 is 25.6 Å². The molecule has 1 aromatic carbocycles. The lowest BCUT2D eigenvalue weighted by Crippen LogP contribution is -2.34. The predicted octanol–water partition coefficient (Wildman–Crippen LogP) is 2.29. The smallest absolute Gasteiger partial charge is 0.261 e. The summed E-state index contributed by atoms with van der Waals surface area (Å²) in [7, 11) is 2.96. The van der Waals surface area contributed by atoms with Gasteiger partial charge in [0.25, 0.3) is 15.0 Å². The van der Waals surface area contributed by atoms with Crippen LogP contribution in [0.25, 0.3) is 0 Å². The van der Waals surface area contributed by atoms with E-state index < -0.39 is 9.05 Å². The first-order valence-electron chi connectivity index (χ1n) is 6.70. The van der Waals surface area contributed by atoms with Gasteiger partial charge < -0.3 is 10.1 Å². The number of rotatable bonds is 6. The Hall–Kier alpha value is -1.11. The van der Waals surface area contributed by atoms with Crippen LogP contribution in [-0.4, -0.2) is 27.5 Å². The molecule has 1 N–H and O–H groups in total. The number of hydrogen-bond donors (Lipinski definition) is 1. The number of carbonyl (C=O) groups excluding carboxylic acids is 1. The molecule has 1 aliphatic carbocycles. The van der Waals surface area contributed by atoms with Gasteiger partial charge in [-0.2, -0.15) is 0 Å². The SMILES string of the molecule is COCc1ccc(C(=O)NC(C)C2CC2)cc1S(=O)(=O)Cl. The predicted molar refractivity (Wildman–Crippen MR) is 79.8 cm³/mol. The van der Waals surface area contributed by atoms with Crippen LogP contribution in [0.15, 0.2) is 23.1 Å². The number of carbonyl (C=O) groups is 1. The van der Waals surface area contributed by atoms with Gasteiger partial charge >= 0.3 is 0 Å². The van der Waals surface area contributed by atoms with Crippen LogP contribution in [0, 0.1) is 5.92 Å². The van der Waals surface area contributed by atoms with Crippen molar-refractivity contribution in [2.75, 3.05) is 7.11 Å². The van der Waals surface area contributed by atoms with Crippen molar-refractivity contribution in [2.45, 2.75) is 37.3 Å². The van der Waals surface area contributed by atoms with Crippen LogP contribution in [-0.2, 0) is 20.4 Å². The minimum absolute atomic E-state index is 0.0854. The van der Waals surface area contributed by atoms with E-state index in [2.05, 4.69) is 5.32 Å². The molecule has 5 nitrogen and oxygen atoms in total. The zero-order chi connectivity index (χ0) is 15.6. The van der Waals surface area contributed by atoms with Crippen LogP contribution in [0.5, 0.6) is 0 Å². The zero-order valence-electron chi connectivity index (χ0n) is 11.9. The molecular formula is C14H18ClNO4S. The van der Waals surface area contributed by atoms with E-state index in [1.165, 1.54) is 13.2 Å². The van der Waals surface area contributed by atoms with E-state index in [1.54, 1.807) is 12.1 Å². The zero-order valence-corrected chi connectivity index (χ0v) is 13.5. The largest absolute Gasteiger partial charge is 0.380 e. The Kier molecular flexibility index (Phi) is 4.91. The number of halogens is 1. The molecule has 1 unspecified atom stereocenters. The topological polar surface area (TPSA) is 72.5 Å². The van der Waals surface area contributed by atoms with Gasteiger partial charge in [0.2, 0.25) is 0 Å². The van der Waals surface area contributed by atoms with Gasteiger partial charge in [0.05, 0.1) is 11.5 Å². The lowest BCUT2D eigenvalue weighted by atomic mass is 10.1. The van der Waals surface area contributed by atoms with Crippen LogP contribution >= 0.6 is 10.7 Å². The first-order valence-corrected chi connectivity index (χ1v) is 9.01. The minimum Gasteiger partial charge on any atom is -0.380 e. The summed E-state index contributed by atoms with van der Waals surface area (Å²) in [5, 5.41) is 2.88. The number of hydrogen-bond acceptors (Lipinski definition) is 4. The molecule has 7 heteroatoms. The van der Waals surface area contributed by atoms with Gasteiger partial charge in [0.1, 0.15) is 0 Å². The molecular weight excluding hydrogens is 314 g/mol. The molecule has 2 rings (SSSR count). The maximum absolute atomic E-state index is 12.2. The van der Waals surface area contributed by atoms with Crippen LogP contribution in [0.4, 0.5) is 0 Å². The van der Waals surface area contributed by atoms with E-state index in [9.17, 15) is 13.2 Å². The highest BCUT2D eigenvalue weighted by Gasteiger charge is 2.29. The van der Waals surface area contributed by atoms with Gasteiger partial charge in [0.15, 0.2) is 0 Å². The second-order valence-corrected chi connectivity index (χ2v) is 7.83. The summed E-state index contributed by atoms with van der Waals surface area (Å²) in [6.07, 6.45) is 2.24. The maximum atomic E-state index is 12.2. The molecule has 1 fully saturated rings. The number of benzene rings is 1. The summed E-state index contributed by atoms with van der Waals surface area (Å²) in [6.45, 7) is 2.07. The average Bonchev–Trinajstić information content (AvgIpc) is 3.22. The van der Waals surface area contributed by atoms with Gasteiger partial charge in [-0.15, -0.1) is 0 Å². The van der Waals surface area contributed by atoms with Crippen LogP contribution in [0.1, 0.15) is 35.7 Å². The normalized spacial score (nSPS) is 16.5. The summed E-state index contributed by atoms with van der Waals surface area (Å²) in [4.78, 5) is 12.1. The van der Waals surface area contributed by atoms with E-state index in [1.807, 2.05) is 6.92 Å². The van der Waals surface area contributed by atoms with Crippen molar-refractivity contribution in [1.29, 1.82) is 0 Å². The van der Waals surface area contributed by atoms with Crippen molar-refractivity contribution in [3.05, 3.63) is 29.3 Å². The van der Waals surface area contributed by atoms with Gasteiger partial charge in [0, 0.05) is 29.4 Å². The number of amides is 1. The molecule has 0 aromatic heterocycles. The number of methoxy groups -OCH3 is 1. The highest BCUT2D eigenvalue weighted by Crippen LogP contribution is 2.32. The second-order valence-electron chi connectivity index (χ2n) is 5.29. The number of nitrogens with one attached hydrogen (secondary N) is 1. The van der Waals surface area contributed by atoms with Crippen molar-refractivity contribution in [3.63, 3.8) is 0 Å². The standard InChI is InChI=1S/C14H18ClNO4S/c1-9(10-3-4-10)16-14(17)11-5-6-12(8-20-2)13(7-11)21(15,18)19/h5-7,9-10H,3-4,8H2,1-2H3,(H,16,17). The summed E-state index contributed by atoms with van der Waals surface area (Å²) in [5.74, 6) is 0.234. The van der Waals surface area contributed by atoms with Crippen LogP contribution in [0.2, 0.25) is 0 Å². The molecule has 1 atom stereocenters. The quantitative estimate of drug-likeness (QED) is 0.812. The van der Waals surface area contributed by atoms with Crippen molar-refractivity contribution in [2.24, 2.45) is 5.92 Å². The molecule has 1 saturated carbocycles. The maximum Gasteiger partial charge on any atom is 0.261 e. The Balaban J connectivity index is 2.26. The Labute approximate surface area is 129 Å². The highest BCUT2D eigenvalue weighted by atomic mass is 35.7. The summed E-state index contributed by atoms with van der Waals surface area (Å²) in [6, 6.07) is 4.52.